The Morgan fingerprint density at radius 1 is 1.08 bits per heavy atom. The number of hydrogen-bond donors (Lipinski definition) is 1. The number of aliphatic hydroxyl groups excluding tert-OH is 1. The van der Waals surface area contributed by atoms with Crippen LogP contribution in [0.2, 0.25) is 0 Å². The Morgan fingerprint density at radius 2 is 1.68 bits per heavy atom. The first-order valence-electron chi connectivity index (χ1n) is 8.71. The fraction of sp³-hybridized carbons (Fsp3) is 0.833. The van der Waals surface area contributed by atoms with Crippen molar-refractivity contribution >= 4 is 5.78 Å². The SMILES string of the molecule is CC(=O)C=C(C)[N-]CCCN(C)C.CCCCOCCOCCO.[Zn+2]. The van der Waals surface area contributed by atoms with E-state index in [1.165, 1.54) is 0 Å². The van der Waals surface area contributed by atoms with Crippen molar-refractivity contribution in [1.82, 2.24) is 4.90 Å². The summed E-state index contributed by atoms with van der Waals surface area (Å²) in [6.45, 7) is 9.92. The molecule has 144 valence electrons. The van der Waals surface area contributed by atoms with Crippen molar-refractivity contribution in [2.45, 2.75) is 40.0 Å². The number of hydrogen-bond acceptors (Lipinski definition) is 5. The van der Waals surface area contributed by atoms with Gasteiger partial charge >= 0.3 is 19.5 Å². The van der Waals surface area contributed by atoms with Crippen LogP contribution in [0.1, 0.15) is 40.0 Å². The minimum absolute atomic E-state index is 0. The molecule has 25 heavy (non-hydrogen) atoms. The van der Waals surface area contributed by atoms with Crippen molar-refractivity contribution in [3.8, 4) is 0 Å². The molecule has 0 aromatic heterocycles. The molecule has 1 N–H and O–H groups in total. The molecule has 0 saturated carbocycles. The number of aliphatic hydroxyl groups is 1. The van der Waals surface area contributed by atoms with Gasteiger partial charge in [-0.05, 0) is 40.1 Å². The van der Waals surface area contributed by atoms with Gasteiger partial charge in [-0.15, -0.1) is 6.54 Å². The summed E-state index contributed by atoms with van der Waals surface area (Å²) in [7, 11) is 4.08. The molecular formula is C18H37N2O4Zn+. The van der Waals surface area contributed by atoms with Gasteiger partial charge in [0.2, 0.25) is 0 Å². The number of carbonyl (C=O) groups is 1. The third-order valence-electron chi connectivity index (χ3n) is 2.79. The minimum atomic E-state index is 0. The van der Waals surface area contributed by atoms with Crippen LogP contribution in [0.15, 0.2) is 11.8 Å². The number of rotatable bonds is 14. The summed E-state index contributed by atoms with van der Waals surface area (Å²) in [5.41, 5.74) is 0.825. The Hall–Kier alpha value is -0.327. The number of ketones is 1. The van der Waals surface area contributed by atoms with E-state index in [0.29, 0.717) is 19.8 Å². The van der Waals surface area contributed by atoms with Gasteiger partial charge in [0.1, 0.15) is 0 Å². The van der Waals surface area contributed by atoms with E-state index in [1.54, 1.807) is 13.0 Å². The molecule has 0 aliphatic carbocycles. The van der Waals surface area contributed by atoms with E-state index in [4.69, 9.17) is 14.6 Å². The molecule has 0 aliphatic heterocycles. The third-order valence-corrected chi connectivity index (χ3v) is 2.79. The first-order valence-corrected chi connectivity index (χ1v) is 8.71. The molecule has 0 saturated heterocycles. The summed E-state index contributed by atoms with van der Waals surface area (Å²) >= 11 is 0. The summed E-state index contributed by atoms with van der Waals surface area (Å²) in [5.74, 6) is 0.0638. The zero-order valence-electron chi connectivity index (χ0n) is 16.9. The van der Waals surface area contributed by atoms with Gasteiger partial charge in [0, 0.05) is 6.61 Å². The minimum Gasteiger partial charge on any atom is -0.688 e. The van der Waals surface area contributed by atoms with Crippen molar-refractivity contribution in [3.63, 3.8) is 0 Å². The molecule has 0 rings (SSSR count). The van der Waals surface area contributed by atoms with E-state index in [-0.39, 0.29) is 31.9 Å². The zero-order valence-corrected chi connectivity index (χ0v) is 19.9. The van der Waals surface area contributed by atoms with Crippen LogP contribution in [0.3, 0.4) is 0 Å². The van der Waals surface area contributed by atoms with Crippen LogP contribution in [0.4, 0.5) is 0 Å². The number of ether oxygens (including phenoxy) is 2. The summed E-state index contributed by atoms with van der Waals surface area (Å²) in [5, 5.41) is 12.6. The second kappa shape index (κ2) is 23.7. The maximum atomic E-state index is 10.7. The summed E-state index contributed by atoms with van der Waals surface area (Å²) in [6, 6.07) is 0. The predicted octanol–water partition coefficient (Wildman–Crippen LogP) is 2.61. The van der Waals surface area contributed by atoms with Crippen LogP contribution in [-0.4, -0.2) is 76.0 Å². The Kier molecular flexibility index (Phi) is 27.9. The Labute approximate surface area is 167 Å². The smallest absolute Gasteiger partial charge is 0.688 e. The van der Waals surface area contributed by atoms with Crippen molar-refractivity contribution < 1.29 is 38.9 Å². The van der Waals surface area contributed by atoms with Crippen LogP contribution in [0, 0.1) is 0 Å². The molecule has 0 atom stereocenters. The molecule has 0 aromatic rings. The van der Waals surface area contributed by atoms with Gasteiger partial charge in [-0.3, -0.25) is 4.79 Å². The Balaban J connectivity index is -0.000000377. The topological polar surface area (TPSA) is 73.1 Å². The van der Waals surface area contributed by atoms with Crippen molar-refractivity contribution in [2.24, 2.45) is 0 Å². The third kappa shape index (κ3) is 31.9. The van der Waals surface area contributed by atoms with Crippen molar-refractivity contribution in [1.29, 1.82) is 0 Å². The number of carbonyl (C=O) groups excluding carboxylic acids is 1. The zero-order chi connectivity index (χ0) is 18.6. The van der Waals surface area contributed by atoms with Gasteiger partial charge in [0.25, 0.3) is 0 Å². The van der Waals surface area contributed by atoms with E-state index in [1.807, 2.05) is 21.0 Å². The molecule has 0 radical (unpaired) electrons. The standard InChI is InChI=1S/C10H20N2O.C8H18O3.Zn/c1-9(8-10(2)13)11-6-5-7-12(3)4;1-2-3-5-10-7-8-11-6-4-9;/h8H,5-7H2,1-4H3,(H,11,13);9H,2-8H2,1H3;/q;;+2/p-1. The van der Waals surface area contributed by atoms with Crippen LogP contribution in [-0.2, 0) is 33.7 Å². The summed E-state index contributed by atoms with van der Waals surface area (Å²) < 4.78 is 10.2. The molecular weight excluding hydrogens is 374 g/mol. The largest absolute Gasteiger partial charge is 2.00 e. The van der Waals surface area contributed by atoms with Crippen molar-refractivity contribution in [2.75, 3.05) is 60.2 Å². The monoisotopic (exact) mass is 409 g/mol. The van der Waals surface area contributed by atoms with E-state index in [2.05, 4.69) is 17.1 Å². The van der Waals surface area contributed by atoms with Crippen LogP contribution in [0.25, 0.3) is 5.32 Å². The number of nitrogens with zero attached hydrogens (tertiary/aromatic N) is 2. The molecule has 0 bridgehead atoms. The van der Waals surface area contributed by atoms with Gasteiger partial charge in [-0.2, -0.15) is 5.70 Å². The van der Waals surface area contributed by atoms with Gasteiger partial charge in [-0.25, -0.2) is 0 Å². The fourth-order valence-corrected chi connectivity index (χ4v) is 1.62. The molecule has 0 aromatic carbocycles. The Morgan fingerprint density at radius 3 is 2.16 bits per heavy atom. The maximum absolute atomic E-state index is 10.7. The fourth-order valence-electron chi connectivity index (χ4n) is 1.62. The second-order valence-electron chi connectivity index (χ2n) is 5.74. The second-order valence-corrected chi connectivity index (χ2v) is 5.74. The van der Waals surface area contributed by atoms with E-state index in [0.717, 1.165) is 44.7 Å². The molecule has 0 fully saturated rings. The number of allylic oxidation sites excluding steroid dienone is 2. The average molecular weight is 411 g/mol. The average Bonchev–Trinajstić information content (AvgIpc) is 2.50. The van der Waals surface area contributed by atoms with Gasteiger partial charge in [0.05, 0.1) is 26.4 Å². The van der Waals surface area contributed by atoms with Crippen LogP contribution < -0.4 is 0 Å². The van der Waals surface area contributed by atoms with Gasteiger partial charge in [-0.1, -0.05) is 26.7 Å². The van der Waals surface area contributed by atoms with Gasteiger partial charge < -0.3 is 24.8 Å². The predicted molar refractivity (Wildman–Crippen MR) is 99.5 cm³/mol. The molecule has 6 nitrogen and oxygen atoms in total. The van der Waals surface area contributed by atoms with Crippen molar-refractivity contribution in [3.05, 3.63) is 17.1 Å². The van der Waals surface area contributed by atoms with Crippen LogP contribution >= 0.6 is 0 Å². The number of unbranched alkanes of at least 4 members (excludes halogenated alkanes) is 1. The quantitative estimate of drug-likeness (QED) is 0.271. The normalized spacial score (nSPS) is 10.8. The summed E-state index contributed by atoms with van der Waals surface area (Å²) in [6.07, 6.45) is 4.88. The van der Waals surface area contributed by atoms with E-state index < -0.39 is 0 Å². The molecule has 0 spiro atoms. The molecule has 0 aliphatic rings. The first-order chi connectivity index (χ1) is 11.4. The summed E-state index contributed by atoms with van der Waals surface area (Å²) in [4.78, 5) is 12.8. The molecule has 0 heterocycles. The van der Waals surface area contributed by atoms with Gasteiger partial charge in [0.15, 0.2) is 5.78 Å². The van der Waals surface area contributed by atoms with E-state index >= 15 is 0 Å². The Bertz CT molecular complexity index is 305. The first kappa shape index (κ1) is 29.4. The van der Waals surface area contributed by atoms with E-state index in [9.17, 15) is 4.79 Å². The molecule has 0 unspecified atom stereocenters. The molecule has 0 amide bonds. The maximum Gasteiger partial charge on any atom is 2.00 e. The molecule has 7 heteroatoms. The van der Waals surface area contributed by atoms with Crippen LogP contribution in [0.5, 0.6) is 0 Å².